The van der Waals surface area contributed by atoms with Gasteiger partial charge in [0.15, 0.2) is 5.82 Å². The highest BCUT2D eigenvalue weighted by atomic mass is 32.1. The number of nitrogens with two attached hydrogens (primary N) is 1. The molecule has 0 aliphatic rings. The van der Waals surface area contributed by atoms with Gasteiger partial charge in [0.1, 0.15) is 5.82 Å². The number of anilines is 1. The third kappa shape index (κ3) is 1.76. The van der Waals surface area contributed by atoms with Gasteiger partial charge in [0.05, 0.1) is 16.3 Å². The molecule has 2 aromatic heterocycles. The van der Waals surface area contributed by atoms with Crippen LogP contribution in [-0.4, -0.2) is 20.0 Å². The van der Waals surface area contributed by atoms with Gasteiger partial charge in [0.2, 0.25) is 0 Å². The van der Waals surface area contributed by atoms with Crippen LogP contribution in [0.4, 0.5) is 5.82 Å². The van der Waals surface area contributed by atoms with Crippen LogP contribution in [0.25, 0.3) is 16.6 Å². The Kier molecular flexibility index (Phi) is 2.67. The van der Waals surface area contributed by atoms with Crippen molar-refractivity contribution in [3.8, 4) is 5.82 Å². The van der Waals surface area contributed by atoms with Crippen LogP contribution >= 0.6 is 12.6 Å². The Morgan fingerprint density at radius 2 is 1.74 bits per heavy atom. The number of aryl methyl sites for hydroxylation is 2. The number of rotatable bonds is 1. The van der Waals surface area contributed by atoms with Crippen LogP contribution in [0, 0.1) is 13.8 Å². The maximum Gasteiger partial charge on any atom is 0.185 e. The van der Waals surface area contributed by atoms with Gasteiger partial charge < -0.3 is 5.73 Å². The van der Waals surface area contributed by atoms with Crippen molar-refractivity contribution >= 4 is 29.2 Å². The summed E-state index contributed by atoms with van der Waals surface area (Å²) >= 11 is 4.34. The summed E-state index contributed by atoms with van der Waals surface area (Å²) in [5.74, 6) is 1.10. The molecule has 3 aromatic rings. The van der Waals surface area contributed by atoms with E-state index in [4.69, 9.17) is 5.73 Å². The number of nitrogens with zero attached hydrogens (tertiary/aromatic N) is 4. The second kappa shape index (κ2) is 4.24. The van der Waals surface area contributed by atoms with E-state index in [9.17, 15) is 0 Å². The van der Waals surface area contributed by atoms with Gasteiger partial charge in [-0.3, -0.25) is 0 Å². The molecule has 0 unspecified atom stereocenters. The van der Waals surface area contributed by atoms with Gasteiger partial charge >= 0.3 is 0 Å². The largest absolute Gasteiger partial charge is 0.383 e. The lowest BCUT2D eigenvalue weighted by Crippen LogP contribution is -2.07. The Labute approximate surface area is 115 Å². The first-order chi connectivity index (χ1) is 9.09. The number of aromatic nitrogens is 4. The highest BCUT2D eigenvalue weighted by molar-refractivity contribution is 7.80. The molecule has 0 saturated carbocycles. The number of fused-ring (bicyclic) bond motifs is 1. The Morgan fingerprint density at radius 3 is 2.37 bits per heavy atom. The molecule has 0 atom stereocenters. The monoisotopic (exact) mass is 271 g/mol. The number of benzene rings is 1. The predicted octanol–water partition coefficient (Wildman–Crippen LogP) is 2.30. The minimum atomic E-state index is 0.476. The van der Waals surface area contributed by atoms with E-state index in [2.05, 4.69) is 27.9 Å². The number of hydrogen-bond donors (Lipinski definition) is 2. The molecule has 1 aromatic carbocycles. The standard InChI is InChI=1S/C13H13N5S/c1-7-9-5-3-4-6-10(9)13(16-15-7)18-12(14)11(19)8(2)17-18/h3-6,19H,14H2,1-2H3. The molecule has 96 valence electrons. The van der Waals surface area contributed by atoms with Gasteiger partial charge in [-0.05, 0) is 13.8 Å². The molecule has 0 bridgehead atoms. The van der Waals surface area contributed by atoms with Crippen molar-refractivity contribution in [2.45, 2.75) is 18.7 Å². The van der Waals surface area contributed by atoms with Crippen molar-refractivity contribution < 1.29 is 0 Å². The van der Waals surface area contributed by atoms with Crippen LogP contribution in [-0.2, 0) is 0 Å². The summed E-state index contributed by atoms with van der Waals surface area (Å²) in [6.45, 7) is 3.79. The summed E-state index contributed by atoms with van der Waals surface area (Å²) < 4.78 is 1.59. The zero-order valence-electron chi connectivity index (χ0n) is 10.6. The lowest BCUT2D eigenvalue weighted by atomic mass is 10.1. The molecule has 0 aliphatic carbocycles. The topological polar surface area (TPSA) is 69.6 Å². The van der Waals surface area contributed by atoms with Gasteiger partial charge in [0, 0.05) is 10.8 Å². The average Bonchev–Trinajstić information content (AvgIpc) is 2.67. The Balaban J connectivity index is 2.37. The van der Waals surface area contributed by atoms with Crippen LogP contribution in [0.1, 0.15) is 11.4 Å². The van der Waals surface area contributed by atoms with Gasteiger partial charge in [-0.2, -0.15) is 14.9 Å². The quantitative estimate of drug-likeness (QED) is 0.666. The first-order valence-electron chi connectivity index (χ1n) is 5.86. The van der Waals surface area contributed by atoms with E-state index in [1.54, 1.807) is 4.68 Å². The maximum atomic E-state index is 6.02. The summed E-state index contributed by atoms with van der Waals surface area (Å²) in [6, 6.07) is 7.93. The summed E-state index contributed by atoms with van der Waals surface area (Å²) in [5, 5.41) is 14.8. The fraction of sp³-hybridized carbons (Fsp3) is 0.154. The molecular formula is C13H13N5S. The van der Waals surface area contributed by atoms with Crippen molar-refractivity contribution in [2.24, 2.45) is 0 Å². The Hall–Kier alpha value is -2.08. The van der Waals surface area contributed by atoms with E-state index < -0.39 is 0 Å². The SMILES string of the molecule is Cc1nn(-c2nnc(C)c3ccccc23)c(N)c1S. The van der Waals surface area contributed by atoms with Crippen molar-refractivity contribution in [3.05, 3.63) is 35.7 Å². The number of hydrogen-bond acceptors (Lipinski definition) is 5. The second-order valence-electron chi connectivity index (χ2n) is 4.39. The van der Waals surface area contributed by atoms with Crippen molar-refractivity contribution in [2.75, 3.05) is 5.73 Å². The van der Waals surface area contributed by atoms with E-state index >= 15 is 0 Å². The molecule has 3 rings (SSSR count). The lowest BCUT2D eigenvalue weighted by Gasteiger charge is -2.07. The first kappa shape index (κ1) is 12.0. The molecule has 6 heteroatoms. The van der Waals surface area contributed by atoms with Gasteiger partial charge in [-0.25, -0.2) is 0 Å². The van der Waals surface area contributed by atoms with Gasteiger partial charge in [-0.15, -0.1) is 17.7 Å². The molecule has 0 fully saturated rings. The lowest BCUT2D eigenvalue weighted by molar-refractivity contribution is 0.816. The van der Waals surface area contributed by atoms with Crippen LogP contribution in [0.15, 0.2) is 29.2 Å². The van der Waals surface area contributed by atoms with E-state index in [0.717, 1.165) is 22.2 Å². The van der Waals surface area contributed by atoms with Crippen molar-refractivity contribution in [1.82, 2.24) is 20.0 Å². The highest BCUT2D eigenvalue weighted by Crippen LogP contribution is 2.27. The number of thiol groups is 1. The average molecular weight is 271 g/mol. The smallest absolute Gasteiger partial charge is 0.185 e. The maximum absolute atomic E-state index is 6.02. The van der Waals surface area contributed by atoms with Crippen molar-refractivity contribution in [1.29, 1.82) is 0 Å². The molecule has 2 N–H and O–H groups in total. The minimum Gasteiger partial charge on any atom is -0.383 e. The molecular weight excluding hydrogens is 258 g/mol. The zero-order valence-corrected chi connectivity index (χ0v) is 11.5. The molecule has 0 aliphatic heterocycles. The molecule has 0 radical (unpaired) electrons. The Morgan fingerprint density at radius 1 is 1.05 bits per heavy atom. The summed E-state index contributed by atoms with van der Waals surface area (Å²) in [6.07, 6.45) is 0. The second-order valence-corrected chi connectivity index (χ2v) is 4.83. The predicted molar refractivity (Wildman–Crippen MR) is 77.8 cm³/mol. The van der Waals surface area contributed by atoms with Crippen LogP contribution in [0.5, 0.6) is 0 Å². The summed E-state index contributed by atoms with van der Waals surface area (Å²) in [5.41, 5.74) is 7.67. The normalized spacial score (nSPS) is 11.1. The highest BCUT2D eigenvalue weighted by Gasteiger charge is 2.15. The molecule has 2 heterocycles. The van der Waals surface area contributed by atoms with E-state index in [-0.39, 0.29) is 0 Å². The van der Waals surface area contributed by atoms with E-state index in [1.165, 1.54) is 0 Å². The van der Waals surface area contributed by atoms with Crippen LogP contribution < -0.4 is 5.73 Å². The number of nitrogen functional groups attached to an aromatic ring is 1. The van der Waals surface area contributed by atoms with E-state index in [1.807, 2.05) is 38.1 Å². The molecule has 5 nitrogen and oxygen atoms in total. The van der Waals surface area contributed by atoms with Crippen LogP contribution in [0.3, 0.4) is 0 Å². The zero-order chi connectivity index (χ0) is 13.6. The molecule has 19 heavy (non-hydrogen) atoms. The third-order valence-corrected chi connectivity index (χ3v) is 3.67. The van der Waals surface area contributed by atoms with Crippen LogP contribution in [0.2, 0.25) is 0 Å². The molecule has 0 spiro atoms. The van der Waals surface area contributed by atoms with Gasteiger partial charge in [-0.1, -0.05) is 24.3 Å². The third-order valence-electron chi connectivity index (χ3n) is 3.12. The summed E-state index contributed by atoms with van der Waals surface area (Å²) in [4.78, 5) is 0.673. The minimum absolute atomic E-state index is 0.476. The first-order valence-corrected chi connectivity index (χ1v) is 6.30. The Bertz CT molecular complexity index is 778. The van der Waals surface area contributed by atoms with E-state index in [0.29, 0.717) is 16.5 Å². The van der Waals surface area contributed by atoms with Crippen molar-refractivity contribution in [3.63, 3.8) is 0 Å². The fourth-order valence-corrected chi connectivity index (χ4v) is 2.22. The molecule has 0 amide bonds. The fourth-order valence-electron chi connectivity index (χ4n) is 2.08. The van der Waals surface area contributed by atoms with Gasteiger partial charge in [0.25, 0.3) is 0 Å². The summed E-state index contributed by atoms with van der Waals surface area (Å²) in [7, 11) is 0. The molecule has 0 saturated heterocycles.